The van der Waals surface area contributed by atoms with E-state index < -0.39 is 0 Å². The van der Waals surface area contributed by atoms with Crippen molar-refractivity contribution in [2.75, 3.05) is 51.3 Å². The quantitative estimate of drug-likeness (QED) is 0.295. The van der Waals surface area contributed by atoms with Crippen LogP contribution < -0.4 is 15.0 Å². The van der Waals surface area contributed by atoms with Crippen molar-refractivity contribution in [3.05, 3.63) is 48.8 Å². The van der Waals surface area contributed by atoms with Crippen LogP contribution in [0.4, 0.5) is 5.95 Å². The van der Waals surface area contributed by atoms with Crippen LogP contribution in [0, 0.1) is 0 Å². The molecule has 0 aliphatic carbocycles. The van der Waals surface area contributed by atoms with Gasteiger partial charge in [-0.15, -0.1) is 24.0 Å². The van der Waals surface area contributed by atoms with Gasteiger partial charge in [-0.3, -0.25) is 4.99 Å². The minimum absolute atomic E-state index is 0. The Morgan fingerprint density at radius 1 is 1.07 bits per heavy atom. The molecule has 0 saturated carbocycles. The number of ether oxygens (including phenoxy) is 1. The summed E-state index contributed by atoms with van der Waals surface area (Å²) in [4.78, 5) is 17.5. The number of halogens is 1. The van der Waals surface area contributed by atoms with Gasteiger partial charge in [0.2, 0.25) is 5.95 Å². The predicted molar refractivity (Wildman–Crippen MR) is 119 cm³/mol. The van der Waals surface area contributed by atoms with Crippen molar-refractivity contribution >= 4 is 35.9 Å². The van der Waals surface area contributed by atoms with Crippen molar-refractivity contribution in [1.82, 2.24) is 20.2 Å². The van der Waals surface area contributed by atoms with E-state index in [2.05, 4.69) is 30.1 Å². The van der Waals surface area contributed by atoms with E-state index in [0.717, 1.165) is 56.8 Å². The molecule has 146 valence electrons. The first-order chi connectivity index (χ1) is 12.9. The highest BCUT2D eigenvalue weighted by Crippen LogP contribution is 2.10. The lowest BCUT2D eigenvalue weighted by atomic mass is 10.3. The lowest BCUT2D eigenvalue weighted by Crippen LogP contribution is -2.53. The summed E-state index contributed by atoms with van der Waals surface area (Å²) in [6, 6.07) is 11.7. The SMILES string of the molecule is CN=C(NCCCOc1ccccc1)N1CCN(c2ncccn2)CC1.I. The highest BCUT2D eigenvalue weighted by molar-refractivity contribution is 14.0. The summed E-state index contributed by atoms with van der Waals surface area (Å²) in [6.07, 6.45) is 4.49. The summed E-state index contributed by atoms with van der Waals surface area (Å²) in [5.41, 5.74) is 0. The van der Waals surface area contributed by atoms with E-state index in [-0.39, 0.29) is 24.0 Å². The van der Waals surface area contributed by atoms with Crippen LogP contribution in [0.25, 0.3) is 0 Å². The standard InChI is InChI=1S/C19H26N6O.HI/c1-20-18(21-11-6-16-26-17-7-3-2-4-8-17)24-12-14-25(15-13-24)19-22-9-5-10-23-19;/h2-5,7-10H,6,11-16H2,1H3,(H,20,21);1H. The third-order valence-electron chi connectivity index (χ3n) is 4.24. The van der Waals surface area contributed by atoms with Crippen LogP contribution in [0.2, 0.25) is 0 Å². The maximum atomic E-state index is 5.72. The van der Waals surface area contributed by atoms with E-state index in [1.807, 2.05) is 43.4 Å². The largest absolute Gasteiger partial charge is 0.494 e. The number of nitrogens with one attached hydrogen (secondary N) is 1. The second-order valence-corrected chi connectivity index (χ2v) is 6.01. The van der Waals surface area contributed by atoms with E-state index in [0.29, 0.717) is 6.61 Å². The summed E-state index contributed by atoms with van der Waals surface area (Å²) >= 11 is 0. The average molecular weight is 482 g/mol. The third kappa shape index (κ3) is 6.53. The number of anilines is 1. The normalized spacial score (nSPS) is 14.5. The fourth-order valence-corrected chi connectivity index (χ4v) is 2.88. The van der Waals surface area contributed by atoms with Gasteiger partial charge in [-0.25, -0.2) is 9.97 Å². The van der Waals surface area contributed by atoms with Crippen LogP contribution in [-0.4, -0.2) is 67.2 Å². The van der Waals surface area contributed by atoms with E-state index >= 15 is 0 Å². The minimum atomic E-state index is 0. The zero-order valence-electron chi connectivity index (χ0n) is 15.6. The number of aliphatic imine (C=N–C) groups is 1. The Bertz CT molecular complexity index is 677. The van der Waals surface area contributed by atoms with Crippen LogP contribution in [0.15, 0.2) is 53.8 Å². The molecule has 1 saturated heterocycles. The molecule has 0 radical (unpaired) electrons. The maximum absolute atomic E-state index is 5.72. The molecule has 2 aromatic rings. The topological polar surface area (TPSA) is 65.9 Å². The maximum Gasteiger partial charge on any atom is 0.225 e. The van der Waals surface area contributed by atoms with Gasteiger partial charge in [0.15, 0.2) is 5.96 Å². The Morgan fingerprint density at radius 2 is 1.78 bits per heavy atom. The molecular weight excluding hydrogens is 455 g/mol. The van der Waals surface area contributed by atoms with Gasteiger partial charge in [0, 0.05) is 52.2 Å². The van der Waals surface area contributed by atoms with Gasteiger partial charge in [-0.2, -0.15) is 0 Å². The molecule has 3 rings (SSSR count). The van der Waals surface area contributed by atoms with Crippen molar-refractivity contribution in [3.63, 3.8) is 0 Å². The Morgan fingerprint density at radius 3 is 2.44 bits per heavy atom. The molecule has 1 aromatic heterocycles. The van der Waals surface area contributed by atoms with Gasteiger partial charge in [0.05, 0.1) is 6.61 Å². The molecule has 0 bridgehead atoms. The van der Waals surface area contributed by atoms with Crippen LogP contribution in [-0.2, 0) is 0 Å². The van der Waals surface area contributed by atoms with E-state index in [1.54, 1.807) is 12.4 Å². The molecule has 7 nitrogen and oxygen atoms in total. The van der Waals surface area contributed by atoms with Crippen molar-refractivity contribution in [3.8, 4) is 5.75 Å². The van der Waals surface area contributed by atoms with Gasteiger partial charge in [-0.1, -0.05) is 18.2 Å². The number of para-hydroxylation sites is 1. The first-order valence-electron chi connectivity index (χ1n) is 9.02. The summed E-state index contributed by atoms with van der Waals surface area (Å²) < 4.78 is 5.72. The number of guanidine groups is 1. The lowest BCUT2D eigenvalue weighted by Gasteiger charge is -2.36. The van der Waals surface area contributed by atoms with Crippen molar-refractivity contribution in [1.29, 1.82) is 0 Å². The molecule has 2 heterocycles. The first-order valence-corrected chi connectivity index (χ1v) is 9.02. The third-order valence-corrected chi connectivity index (χ3v) is 4.24. The molecule has 1 aliphatic heterocycles. The van der Waals surface area contributed by atoms with Crippen molar-refractivity contribution < 1.29 is 4.74 Å². The number of hydrogen-bond acceptors (Lipinski definition) is 5. The molecule has 27 heavy (non-hydrogen) atoms. The van der Waals surface area contributed by atoms with E-state index in [4.69, 9.17) is 4.74 Å². The Hall–Kier alpha value is -2.10. The van der Waals surface area contributed by atoms with Crippen LogP contribution in [0.1, 0.15) is 6.42 Å². The summed E-state index contributed by atoms with van der Waals surface area (Å²) in [5.74, 6) is 2.66. The minimum Gasteiger partial charge on any atom is -0.494 e. The molecule has 1 N–H and O–H groups in total. The molecule has 8 heteroatoms. The lowest BCUT2D eigenvalue weighted by molar-refractivity contribution is 0.309. The Labute approximate surface area is 177 Å². The van der Waals surface area contributed by atoms with E-state index in [9.17, 15) is 0 Å². The van der Waals surface area contributed by atoms with Crippen LogP contribution in [0.3, 0.4) is 0 Å². The second kappa shape index (κ2) is 11.6. The zero-order chi connectivity index (χ0) is 18.0. The molecule has 0 spiro atoms. The zero-order valence-corrected chi connectivity index (χ0v) is 18.0. The number of rotatable bonds is 6. The van der Waals surface area contributed by atoms with Crippen LogP contribution in [0.5, 0.6) is 5.75 Å². The molecular formula is C19H27IN6O. The molecule has 0 amide bonds. The van der Waals surface area contributed by atoms with Gasteiger partial charge in [-0.05, 0) is 24.6 Å². The molecule has 1 aromatic carbocycles. The number of aromatic nitrogens is 2. The van der Waals surface area contributed by atoms with Crippen molar-refractivity contribution in [2.24, 2.45) is 4.99 Å². The van der Waals surface area contributed by atoms with Crippen LogP contribution >= 0.6 is 24.0 Å². The van der Waals surface area contributed by atoms with Crippen molar-refractivity contribution in [2.45, 2.75) is 6.42 Å². The first kappa shape index (κ1) is 21.2. The summed E-state index contributed by atoms with van der Waals surface area (Å²) in [5, 5.41) is 3.43. The number of benzene rings is 1. The second-order valence-electron chi connectivity index (χ2n) is 6.01. The molecule has 1 aliphatic rings. The number of hydrogen-bond donors (Lipinski definition) is 1. The molecule has 0 atom stereocenters. The van der Waals surface area contributed by atoms with E-state index in [1.165, 1.54) is 0 Å². The predicted octanol–water partition coefficient (Wildman–Crippen LogP) is 2.26. The van der Waals surface area contributed by atoms with Gasteiger partial charge >= 0.3 is 0 Å². The monoisotopic (exact) mass is 482 g/mol. The number of nitrogens with zero attached hydrogens (tertiary/aromatic N) is 5. The molecule has 0 unspecified atom stereocenters. The fraction of sp³-hybridized carbons (Fsp3) is 0.421. The highest BCUT2D eigenvalue weighted by Gasteiger charge is 2.20. The Kier molecular flexibility index (Phi) is 9.09. The number of piperazine rings is 1. The summed E-state index contributed by atoms with van der Waals surface area (Å²) in [7, 11) is 1.83. The molecule has 1 fully saturated rings. The van der Waals surface area contributed by atoms with Gasteiger partial charge < -0.3 is 19.9 Å². The van der Waals surface area contributed by atoms with Gasteiger partial charge in [0.25, 0.3) is 0 Å². The highest BCUT2D eigenvalue weighted by atomic mass is 127. The average Bonchev–Trinajstić information content (AvgIpc) is 2.72. The smallest absolute Gasteiger partial charge is 0.225 e. The van der Waals surface area contributed by atoms with Gasteiger partial charge in [0.1, 0.15) is 5.75 Å². The Balaban J connectivity index is 0.00000261. The fourth-order valence-electron chi connectivity index (χ4n) is 2.88. The summed E-state index contributed by atoms with van der Waals surface area (Å²) in [6.45, 7) is 5.11.